The lowest BCUT2D eigenvalue weighted by molar-refractivity contribution is 0.0799. The van der Waals surface area contributed by atoms with Crippen LogP contribution in [0.4, 0.5) is 17.3 Å². The summed E-state index contributed by atoms with van der Waals surface area (Å²) >= 11 is 12.6. The van der Waals surface area contributed by atoms with Crippen LogP contribution in [-0.2, 0) is 4.74 Å². The van der Waals surface area contributed by atoms with E-state index >= 15 is 0 Å². The molecule has 1 saturated carbocycles. The van der Waals surface area contributed by atoms with Gasteiger partial charge in [-0.15, -0.1) is 0 Å². The molecule has 2 unspecified atom stereocenters. The lowest BCUT2D eigenvalue weighted by Crippen LogP contribution is -2.43. The van der Waals surface area contributed by atoms with Gasteiger partial charge in [-0.1, -0.05) is 23.2 Å². The molecule has 0 bridgehead atoms. The fraction of sp³-hybridized carbons (Fsp3) is 0.500. The first-order valence-electron chi connectivity index (χ1n) is 9.45. The number of nitrogens with zero attached hydrogens (tertiary/aromatic N) is 4. The van der Waals surface area contributed by atoms with Crippen LogP contribution in [0.2, 0.25) is 10.0 Å². The third kappa shape index (κ3) is 2.96. The minimum atomic E-state index is 0.0610. The molecule has 3 aliphatic rings. The van der Waals surface area contributed by atoms with Crippen molar-refractivity contribution in [3.63, 3.8) is 0 Å². The Morgan fingerprint density at radius 3 is 2.67 bits per heavy atom. The average molecular weight is 405 g/mol. The summed E-state index contributed by atoms with van der Waals surface area (Å²) in [7, 11) is 1.80. The number of halogens is 2. The summed E-state index contributed by atoms with van der Waals surface area (Å²) in [6.07, 6.45) is 3.60. The summed E-state index contributed by atoms with van der Waals surface area (Å²) in [4.78, 5) is 14.2. The molecule has 5 nitrogen and oxygen atoms in total. The number of anilines is 3. The van der Waals surface area contributed by atoms with E-state index in [-0.39, 0.29) is 6.23 Å². The van der Waals surface area contributed by atoms with Crippen molar-refractivity contribution in [2.24, 2.45) is 5.92 Å². The molecule has 0 radical (unpaired) electrons. The maximum atomic E-state index is 6.52. The minimum Gasteiger partial charge on any atom is -0.362 e. The van der Waals surface area contributed by atoms with Crippen LogP contribution in [0.3, 0.4) is 0 Å². The van der Waals surface area contributed by atoms with Gasteiger partial charge in [-0.2, -0.15) is 0 Å². The standard InChI is InChI=1S/C20H22Cl2N4O/c1-11-23-19-18-13(10-25(19)16-6-5-14(21)8-15(16)22)7-17(27-2)26(20(18)24-11)9-12-3-4-12/h5-6,8,12-13,17H,3-4,7,9-10H2,1-2H3. The van der Waals surface area contributed by atoms with Crippen LogP contribution >= 0.6 is 23.2 Å². The van der Waals surface area contributed by atoms with Gasteiger partial charge >= 0.3 is 0 Å². The molecule has 1 aromatic carbocycles. The predicted molar refractivity (Wildman–Crippen MR) is 108 cm³/mol. The molecular formula is C20H22Cl2N4O. The Hall–Kier alpha value is -1.56. The van der Waals surface area contributed by atoms with E-state index in [0.717, 1.165) is 48.6 Å². The molecule has 1 aromatic heterocycles. The van der Waals surface area contributed by atoms with E-state index in [1.54, 1.807) is 13.2 Å². The van der Waals surface area contributed by atoms with Gasteiger partial charge < -0.3 is 14.5 Å². The van der Waals surface area contributed by atoms with Crippen molar-refractivity contribution in [3.8, 4) is 0 Å². The SMILES string of the molecule is COC1CC2CN(c3ccc(Cl)cc3Cl)c3nc(C)nc(c32)N1CC1CC1. The zero-order valence-corrected chi connectivity index (χ0v) is 17.0. The van der Waals surface area contributed by atoms with Gasteiger partial charge in [0.05, 0.1) is 10.7 Å². The highest BCUT2D eigenvalue weighted by molar-refractivity contribution is 6.36. The predicted octanol–water partition coefficient (Wildman–Crippen LogP) is 4.92. The maximum absolute atomic E-state index is 6.52. The Morgan fingerprint density at radius 1 is 1.19 bits per heavy atom. The fourth-order valence-corrected chi connectivity index (χ4v) is 4.87. The smallest absolute Gasteiger partial charge is 0.142 e. The van der Waals surface area contributed by atoms with Gasteiger partial charge in [-0.3, -0.25) is 0 Å². The van der Waals surface area contributed by atoms with Crippen LogP contribution in [0.1, 0.15) is 36.6 Å². The molecule has 1 aliphatic carbocycles. The number of hydrogen-bond donors (Lipinski definition) is 0. The molecule has 3 heterocycles. The summed E-state index contributed by atoms with van der Waals surface area (Å²) in [5, 5.41) is 1.28. The van der Waals surface area contributed by atoms with E-state index in [9.17, 15) is 0 Å². The molecule has 142 valence electrons. The number of hydrogen-bond acceptors (Lipinski definition) is 5. The van der Waals surface area contributed by atoms with Crippen LogP contribution < -0.4 is 9.80 Å². The second-order valence-electron chi connectivity index (χ2n) is 7.76. The Balaban J connectivity index is 1.62. The summed E-state index contributed by atoms with van der Waals surface area (Å²) in [5.74, 6) is 3.88. The largest absolute Gasteiger partial charge is 0.362 e. The van der Waals surface area contributed by atoms with E-state index in [2.05, 4.69) is 9.80 Å². The molecule has 0 spiro atoms. The molecule has 0 amide bonds. The zero-order valence-electron chi connectivity index (χ0n) is 15.5. The Bertz CT molecular complexity index is 902. The molecule has 7 heteroatoms. The molecule has 0 N–H and O–H groups in total. The second kappa shape index (κ2) is 6.50. The van der Waals surface area contributed by atoms with Crippen LogP contribution in [-0.4, -0.2) is 36.4 Å². The highest BCUT2D eigenvalue weighted by Gasteiger charge is 2.44. The summed E-state index contributed by atoms with van der Waals surface area (Å²) in [6.45, 7) is 3.80. The first kappa shape index (κ1) is 17.5. The number of rotatable bonds is 4. The quantitative estimate of drug-likeness (QED) is 0.722. The summed E-state index contributed by atoms with van der Waals surface area (Å²) in [5.41, 5.74) is 2.18. The summed E-state index contributed by atoms with van der Waals surface area (Å²) < 4.78 is 5.87. The minimum absolute atomic E-state index is 0.0610. The number of benzene rings is 1. The van der Waals surface area contributed by atoms with Crippen LogP contribution in [0.5, 0.6) is 0 Å². The molecular weight excluding hydrogens is 383 g/mol. The molecule has 1 fully saturated rings. The van der Waals surface area contributed by atoms with Gasteiger partial charge in [0.1, 0.15) is 23.7 Å². The Morgan fingerprint density at radius 2 is 1.96 bits per heavy atom. The first-order valence-corrected chi connectivity index (χ1v) is 10.2. The van der Waals surface area contributed by atoms with E-state index in [1.165, 1.54) is 18.4 Å². The Kier molecular flexibility index (Phi) is 4.22. The lowest BCUT2D eigenvalue weighted by atomic mass is 9.93. The van der Waals surface area contributed by atoms with Gasteiger partial charge in [0.15, 0.2) is 0 Å². The van der Waals surface area contributed by atoms with Gasteiger partial charge in [0, 0.05) is 43.1 Å². The molecule has 0 saturated heterocycles. The van der Waals surface area contributed by atoms with Gasteiger partial charge in [0.25, 0.3) is 0 Å². The highest BCUT2D eigenvalue weighted by atomic mass is 35.5. The monoisotopic (exact) mass is 404 g/mol. The van der Waals surface area contributed by atoms with Crippen molar-refractivity contribution >= 4 is 40.5 Å². The fourth-order valence-electron chi connectivity index (χ4n) is 4.36. The zero-order chi connectivity index (χ0) is 18.7. The van der Waals surface area contributed by atoms with E-state index in [1.807, 2.05) is 19.1 Å². The number of aromatic nitrogens is 2. The van der Waals surface area contributed by atoms with Crippen molar-refractivity contribution in [2.45, 2.75) is 38.3 Å². The number of aryl methyl sites for hydroxylation is 1. The van der Waals surface area contributed by atoms with Crippen molar-refractivity contribution in [1.29, 1.82) is 0 Å². The van der Waals surface area contributed by atoms with Crippen LogP contribution in [0.25, 0.3) is 0 Å². The van der Waals surface area contributed by atoms with Crippen molar-refractivity contribution in [3.05, 3.63) is 39.6 Å². The highest BCUT2D eigenvalue weighted by Crippen LogP contribution is 2.51. The van der Waals surface area contributed by atoms with Crippen LogP contribution in [0.15, 0.2) is 18.2 Å². The maximum Gasteiger partial charge on any atom is 0.142 e. The first-order chi connectivity index (χ1) is 13.0. The van der Waals surface area contributed by atoms with E-state index in [0.29, 0.717) is 16.0 Å². The van der Waals surface area contributed by atoms with Gasteiger partial charge in [0.2, 0.25) is 0 Å². The topological polar surface area (TPSA) is 41.5 Å². The molecule has 2 aliphatic heterocycles. The van der Waals surface area contributed by atoms with E-state index in [4.69, 9.17) is 37.9 Å². The molecule has 27 heavy (non-hydrogen) atoms. The Labute approximate surface area is 169 Å². The summed E-state index contributed by atoms with van der Waals surface area (Å²) in [6, 6.07) is 5.64. The third-order valence-electron chi connectivity index (χ3n) is 5.81. The van der Waals surface area contributed by atoms with Gasteiger partial charge in [-0.05, 0) is 43.9 Å². The number of methoxy groups -OCH3 is 1. The normalized spacial score (nSPS) is 23.7. The third-order valence-corrected chi connectivity index (χ3v) is 6.35. The van der Waals surface area contributed by atoms with E-state index < -0.39 is 0 Å². The van der Waals surface area contributed by atoms with Crippen molar-refractivity contribution in [1.82, 2.24) is 9.97 Å². The lowest BCUT2D eigenvalue weighted by Gasteiger charge is -2.38. The van der Waals surface area contributed by atoms with Crippen molar-refractivity contribution < 1.29 is 4.74 Å². The second-order valence-corrected chi connectivity index (χ2v) is 8.60. The average Bonchev–Trinajstić information content (AvgIpc) is 3.38. The number of ether oxygens (including phenoxy) is 1. The van der Waals surface area contributed by atoms with Crippen molar-refractivity contribution in [2.75, 3.05) is 30.0 Å². The molecule has 5 rings (SSSR count). The molecule has 2 aromatic rings. The molecule has 2 atom stereocenters. The van der Waals surface area contributed by atoms with Gasteiger partial charge in [-0.25, -0.2) is 9.97 Å². The van der Waals surface area contributed by atoms with Crippen LogP contribution in [0, 0.1) is 12.8 Å².